The minimum absolute atomic E-state index is 0.00367. The van der Waals surface area contributed by atoms with Gasteiger partial charge in [-0.25, -0.2) is 0 Å². The van der Waals surface area contributed by atoms with Gasteiger partial charge >= 0.3 is 0 Å². The first-order chi connectivity index (χ1) is 7.72. The number of hydrogen-bond donors (Lipinski definition) is 1. The maximum Gasteiger partial charge on any atom is 0.122 e. The van der Waals surface area contributed by atoms with Crippen LogP contribution in [0.5, 0.6) is 0 Å². The van der Waals surface area contributed by atoms with Crippen molar-refractivity contribution in [2.75, 3.05) is 19.6 Å². The summed E-state index contributed by atoms with van der Waals surface area (Å²) in [6.07, 6.45) is 1.65. The molecule has 16 heavy (non-hydrogen) atoms. The first-order valence-electron chi connectivity index (χ1n) is 5.60. The molecule has 2 N–H and O–H groups in total. The molecule has 0 saturated heterocycles. The van der Waals surface area contributed by atoms with Gasteiger partial charge in [-0.05, 0) is 25.6 Å². The summed E-state index contributed by atoms with van der Waals surface area (Å²) >= 11 is 0. The lowest BCUT2D eigenvalue weighted by Crippen LogP contribution is -2.36. The third-order valence-corrected chi connectivity index (χ3v) is 2.67. The van der Waals surface area contributed by atoms with Gasteiger partial charge in [0.2, 0.25) is 0 Å². The van der Waals surface area contributed by atoms with Crippen molar-refractivity contribution < 1.29 is 4.42 Å². The first kappa shape index (κ1) is 12.8. The van der Waals surface area contributed by atoms with E-state index < -0.39 is 0 Å². The Hall–Kier alpha value is -1.31. The van der Waals surface area contributed by atoms with E-state index in [0.29, 0.717) is 6.54 Å². The van der Waals surface area contributed by atoms with Crippen LogP contribution in [-0.4, -0.2) is 24.5 Å². The van der Waals surface area contributed by atoms with Gasteiger partial charge in [-0.2, -0.15) is 5.26 Å². The number of nitrogens with two attached hydrogens (primary N) is 1. The van der Waals surface area contributed by atoms with Gasteiger partial charge in [-0.3, -0.25) is 4.90 Å². The van der Waals surface area contributed by atoms with Gasteiger partial charge in [0.15, 0.2) is 0 Å². The summed E-state index contributed by atoms with van der Waals surface area (Å²) < 4.78 is 5.38. The normalized spacial score (nSPS) is 14.7. The highest BCUT2D eigenvalue weighted by molar-refractivity contribution is 5.05. The minimum atomic E-state index is 0.00367. The van der Waals surface area contributed by atoms with Crippen LogP contribution in [0, 0.1) is 17.2 Å². The molecule has 0 aliphatic rings. The molecule has 0 radical (unpaired) electrons. The topological polar surface area (TPSA) is 66.2 Å². The Morgan fingerprint density at radius 3 is 2.81 bits per heavy atom. The lowest BCUT2D eigenvalue weighted by molar-refractivity contribution is 0.176. The van der Waals surface area contributed by atoms with Crippen LogP contribution >= 0.6 is 0 Å². The molecule has 0 fully saturated rings. The molecule has 1 aromatic heterocycles. The monoisotopic (exact) mass is 221 g/mol. The molecule has 0 aliphatic heterocycles. The number of hydrogen-bond acceptors (Lipinski definition) is 4. The van der Waals surface area contributed by atoms with Crippen molar-refractivity contribution in [2.45, 2.75) is 19.9 Å². The van der Waals surface area contributed by atoms with Crippen molar-refractivity contribution in [3.05, 3.63) is 24.2 Å². The zero-order valence-electron chi connectivity index (χ0n) is 9.89. The zero-order valence-corrected chi connectivity index (χ0v) is 9.89. The first-order valence-corrected chi connectivity index (χ1v) is 5.60. The highest BCUT2D eigenvalue weighted by atomic mass is 16.3. The van der Waals surface area contributed by atoms with Crippen molar-refractivity contribution >= 4 is 0 Å². The number of nitriles is 1. The van der Waals surface area contributed by atoms with Crippen molar-refractivity contribution in [3.8, 4) is 6.07 Å². The Kier molecular flexibility index (Phi) is 5.03. The van der Waals surface area contributed by atoms with Crippen molar-refractivity contribution in [1.82, 2.24) is 4.90 Å². The predicted molar refractivity (Wildman–Crippen MR) is 62.5 cm³/mol. The molecule has 4 heteroatoms. The highest BCUT2D eigenvalue weighted by Crippen LogP contribution is 2.20. The number of furan rings is 1. The van der Waals surface area contributed by atoms with Crippen LogP contribution in [0.15, 0.2) is 22.8 Å². The summed E-state index contributed by atoms with van der Waals surface area (Å²) in [6.45, 7) is 6.05. The summed E-state index contributed by atoms with van der Waals surface area (Å²) in [6, 6.07) is 6.09. The molecule has 1 aromatic rings. The maximum atomic E-state index is 8.83. The van der Waals surface area contributed by atoms with Gasteiger partial charge < -0.3 is 10.2 Å². The molecule has 1 rings (SSSR count). The van der Waals surface area contributed by atoms with E-state index in [2.05, 4.69) is 17.9 Å². The van der Waals surface area contributed by atoms with E-state index in [4.69, 9.17) is 15.4 Å². The molecule has 0 aromatic carbocycles. The Morgan fingerprint density at radius 2 is 2.38 bits per heavy atom. The van der Waals surface area contributed by atoms with E-state index in [1.54, 1.807) is 6.26 Å². The van der Waals surface area contributed by atoms with Crippen molar-refractivity contribution in [1.29, 1.82) is 5.26 Å². The Labute approximate surface area is 96.6 Å². The lowest BCUT2D eigenvalue weighted by Gasteiger charge is -2.29. The molecule has 0 saturated carbocycles. The van der Waals surface area contributed by atoms with Gasteiger partial charge in [0.1, 0.15) is 5.76 Å². The van der Waals surface area contributed by atoms with Gasteiger partial charge in [-0.1, -0.05) is 6.92 Å². The SMILES string of the molecule is CCN(CC(C)C#N)C(CN)c1ccco1. The van der Waals surface area contributed by atoms with Gasteiger partial charge in [0.05, 0.1) is 24.3 Å². The Balaban J connectivity index is 2.73. The van der Waals surface area contributed by atoms with E-state index in [-0.39, 0.29) is 12.0 Å². The van der Waals surface area contributed by atoms with Gasteiger partial charge in [0, 0.05) is 13.1 Å². The molecule has 4 nitrogen and oxygen atoms in total. The molecule has 0 spiro atoms. The molecule has 0 bridgehead atoms. The zero-order chi connectivity index (χ0) is 12.0. The van der Waals surface area contributed by atoms with Crippen LogP contribution in [0.25, 0.3) is 0 Å². The average molecular weight is 221 g/mol. The standard InChI is InChI=1S/C12H19N3O/c1-3-15(9-10(2)7-13)11(8-14)12-5-4-6-16-12/h4-6,10-11H,3,8-9,14H2,1-2H3. The van der Waals surface area contributed by atoms with E-state index in [1.165, 1.54) is 0 Å². The summed E-state index contributed by atoms with van der Waals surface area (Å²) in [5, 5.41) is 8.83. The van der Waals surface area contributed by atoms with E-state index >= 15 is 0 Å². The van der Waals surface area contributed by atoms with Crippen LogP contribution in [0.4, 0.5) is 0 Å². The molecular weight excluding hydrogens is 202 g/mol. The summed E-state index contributed by atoms with van der Waals surface area (Å²) in [5.74, 6) is 0.874. The highest BCUT2D eigenvalue weighted by Gasteiger charge is 2.21. The molecule has 1 heterocycles. The molecular formula is C12H19N3O. The number of likely N-dealkylation sites (N-methyl/N-ethyl adjacent to an activating group) is 1. The average Bonchev–Trinajstić information content (AvgIpc) is 2.82. The number of nitrogens with zero attached hydrogens (tertiary/aromatic N) is 2. The van der Waals surface area contributed by atoms with Gasteiger partial charge in [-0.15, -0.1) is 0 Å². The second-order valence-electron chi connectivity index (χ2n) is 3.88. The molecule has 88 valence electrons. The fraction of sp³-hybridized carbons (Fsp3) is 0.583. The van der Waals surface area contributed by atoms with Crippen molar-refractivity contribution in [3.63, 3.8) is 0 Å². The van der Waals surface area contributed by atoms with Crippen LogP contribution < -0.4 is 5.73 Å². The van der Waals surface area contributed by atoms with Crippen LogP contribution in [0.3, 0.4) is 0 Å². The van der Waals surface area contributed by atoms with E-state index in [1.807, 2.05) is 19.1 Å². The molecule has 2 atom stereocenters. The summed E-state index contributed by atoms with van der Waals surface area (Å²) in [4.78, 5) is 2.17. The van der Waals surface area contributed by atoms with Crippen LogP contribution in [-0.2, 0) is 0 Å². The fourth-order valence-corrected chi connectivity index (χ4v) is 1.80. The second kappa shape index (κ2) is 6.31. The lowest BCUT2D eigenvalue weighted by atomic mass is 10.1. The van der Waals surface area contributed by atoms with Gasteiger partial charge in [0.25, 0.3) is 0 Å². The van der Waals surface area contributed by atoms with E-state index in [0.717, 1.165) is 18.8 Å². The smallest absolute Gasteiger partial charge is 0.122 e. The van der Waals surface area contributed by atoms with E-state index in [9.17, 15) is 0 Å². The minimum Gasteiger partial charge on any atom is -0.468 e. The quantitative estimate of drug-likeness (QED) is 0.795. The maximum absolute atomic E-state index is 8.83. The number of rotatable bonds is 6. The Morgan fingerprint density at radius 1 is 1.62 bits per heavy atom. The molecule has 0 aliphatic carbocycles. The third kappa shape index (κ3) is 3.09. The summed E-state index contributed by atoms with van der Waals surface area (Å²) in [5.41, 5.74) is 5.77. The fourth-order valence-electron chi connectivity index (χ4n) is 1.80. The largest absolute Gasteiger partial charge is 0.468 e. The van der Waals surface area contributed by atoms with Crippen molar-refractivity contribution in [2.24, 2.45) is 11.7 Å². The second-order valence-corrected chi connectivity index (χ2v) is 3.88. The Bertz CT molecular complexity index is 329. The third-order valence-electron chi connectivity index (χ3n) is 2.67. The van der Waals surface area contributed by atoms with Crippen LogP contribution in [0.2, 0.25) is 0 Å². The van der Waals surface area contributed by atoms with Crippen LogP contribution in [0.1, 0.15) is 25.6 Å². The molecule has 2 unspecified atom stereocenters. The molecule has 0 amide bonds. The summed E-state index contributed by atoms with van der Waals surface area (Å²) in [7, 11) is 0. The predicted octanol–water partition coefficient (Wildman–Crippen LogP) is 1.76.